The maximum absolute atomic E-state index is 12.5. The molecule has 0 aromatic carbocycles. The van der Waals surface area contributed by atoms with Gasteiger partial charge in [-0.15, -0.1) is 0 Å². The van der Waals surface area contributed by atoms with Crippen molar-refractivity contribution < 1.29 is 14.3 Å². The standard InChI is InChI=1S/C14H21N5O3/c1-19-8-10(6-16-19)13-12(7-15-18-13)14(20)17-11(9-22-3)4-5-21-2/h6-8,11H,4-5,9H2,1-3H3,(H,15,18)(H,17,20)/t11-/m0/s1. The highest BCUT2D eigenvalue weighted by atomic mass is 16.5. The van der Waals surface area contributed by atoms with Crippen molar-refractivity contribution in [1.82, 2.24) is 25.3 Å². The Kier molecular flexibility index (Phi) is 5.68. The van der Waals surface area contributed by atoms with E-state index in [-0.39, 0.29) is 11.9 Å². The van der Waals surface area contributed by atoms with Crippen molar-refractivity contribution in [1.29, 1.82) is 0 Å². The molecule has 0 fully saturated rings. The number of aromatic nitrogens is 4. The van der Waals surface area contributed by atoms with E-state index in [4.69, 9.17) is 9.47 Å². The predicted molar refractivity (Wildman–Crippen MR) is 80.4 cm³/mol. The third-order valence-corrected chi connectivity index (χ3v) is 3.25. The minimum absolute atomic E-state index is 0.117. The van der Waals surface area contributed by atoms with E-state index in [0.717, 1.165) is 5.56 Å². The Balaban J connectivity index is 2.11. The van der Waals surface area contributed by atoms with Crippen LogP contribution >= 0.6 is 0 Å². The highest BCUT2D eigenvalue weighted by molar-refractivity contribution is 5.99. The molecular weight excluding hydrogens is 286 g/mol. The first-order valence-corrected chi connectivity index (χ1v) is 6.96. The zero-order valence-corrected chi connectivity index (χ0v) is 13.0. The van der Waals surface area contributed by atoms with Crippen LogP contribution in [0.3, 0.4) is 0 Å². The fourth-order valence-electron chi connectivity index (χ4n) is 2.15. The molecule has 0 aliphatic carbocycles. The molecule has 2 aromatic heterocycles. The first-order valence-electron chi connectivity index (χ1n) is 6.96. The molecule has 1 atom stereocenters. The van der Waals surface area contributed by atoms with Gasteiger partial charge in [-0.1, -0.05) is 0 Å². The van der Waals surface area contributed by atoms with Crippen molar-refractivity contribution in [3.05, 3.63) is 24.2 Å². The monoisotopic (exact) mass is 307 g/mol. The van der Waals surface area contributed by atoms with Crippen molar-refractivity contribution in [2.45, 2.75) is 12.5 Å². The zero-order valence-electron chi connectivity index (χ0n) is 13.0. The molecule has 0 radical (unpaired) electrons. The van der Waals surface area contributed by atoms with Gasteiger partial charge < -0.3 is 14.8 Å². The number of hydrogen-bond donors (Lipinski definition) is 2. The van der Waals surface area contributed by atoms with E-state index in [1.807, 2.05) is 13.2 Å². The van der Waals surface area contributed by atoms with Crippen LogP contribution in [0.5, 0.6) is 0 Å². The number of methoxy groups -OCH3 is 2. The number of aryl methyl sites for hydroxylation is 1. The molecule has 2 heterocycles. The summed E-state index contributed by atoms with van der Waals surface area (Å²) in [7, 11) is 5.05. The molecule has 0 aliphatic rings. The van der Waals surface area contributed by atoms with Crippen LogP contribution in [0.2, 0.25) is 0 Å². The fraction of sp³-hybridized carbons (Fsp3) is 0.500. The van der Waals surface area contributed by atoms with E-state index < -0.39 is 0 Å². The molecule has 0 unspecified atom stereocenters. The molecule has 1 amide bonds. The Morgan fingerprint density at radius 3 is 2.86 bits per heavy atom. The van der Waals surface area contributed by atoms with E-state index in [1.54, 1.807) is 25.1 Å². The lowest BCUT2D eigenvalue weighted by Gasteiger charge is -2.17. The molecule has 0 saturated carbocycles. The second-order valence-electron chi connectivity index (χ2n) is 4.97. The van der Waals surface area contributed by atoms with Gasteiger partial charge in [0, 0.05) is 39.6 Å². The van der Waals surface area contributed by atoms with E-state index >= 15 is 0 Å². The summed E-state index contributed by atoms with van der Waals surface area (Å²) >= 11 is 0. The minimum atomic E-state index is -0.203. The zero-order chi connectivity index (χ0) is 15.9. The SMILES string of the molecule is COCC[C@@H](COC)NC(=O)c1cn[nH]c1-c1cnn(C)c1. The van der Waals surface area contributed by atoms with Gasteiger partial charge in [0.1, 0.15) is 0 Å². The molecule has 120 valence electrons. The number of carbonyl (C=O) groups excluding carboxylic acids is 1. The molecule has 0 spiro atoms. The maximum Gasteiger partial charge on any atom is 0.255 e. The molecule has 22 heavy (non-hydrogen) atoms. The fourth-order valence-corrected chi connectivity index (χ4v) is 2.15. The quantitative estimate of drug-likeness (QED) is 0.744. The normalized spacial score (nSPS) is 12.3. The smallest absolute Gasteiger partial charge is 0.255 e. The number of ether oxygens (including phenoxy) is 2. The van der Waals surface area contributed by atoms with Crippen LogP contribution in [0.4, 0.5) is 0 Å². The number of nitrogens with one attached hydrogen (secondary N) is 2. The van der Waals surface area contributed by atoms with Crippen LogP contribution in [0, 0.1) is 0 Å². The first kappa shape index (κ1) is 16.2. The minimum Gasteiger partial charge on any atom is -0.385 e. The third-order valence-electron chi connectivity index (χ3n) is 3.25. The average Bonchev–Trinajstić information content (AvgIpc) is 3.13. The number of carbonyl (C=O) groups is 1. The number of H-pyrrole nitrogens is 1. The Labute approximate surface area is 128 Å². The van der Waals surface area contributed by atoms with Crippen molar-refractivity contribution in [3.63, 3.8) is 0 Å². The number of rotatable bonds is 8. The van der Waals surface area contributed by atoms with E-state index in [2.05, 4.69) is 20.6 Å². The molecule has 2 rings (SSSR count). The van der Waals surface area contributed by atoms with Crippen molar-refractivity contribution in [3.8, 4) is 11.3 Å². The number of hydrogen-bond acceptors (Lipinski definition) is 5. The summed E-state index contributed by atoms with van der Waals surface area (Å²) in [5.41, 5.74) is 1.94. The summed E-state index contributed by atoms with van der Waals surface area (Å²) in [6.45, 7) is 0.977. The van der Waals surface area contributed by atoms with Crippen LogP contribution in [0.15, 0.2) is 18.6 Å². The molecule has 0 bridgehead atoms. The topological polar surface area (TPSA) is 94.1 Å². The third kappa shape index (κ3) is 3.92. The Morgan fingerprint density at radius 2 is 2.23 bits per heavy atom. The van der Waals surface area contributed by atoms with Gasteiger partial charge in [0.05, 0.1) is 36.3 Å². The second kappa shape index (κ2) is 7.71. The summed E-state index contributed by atoms with van der Waals surface area (Å²) in [6.07, 6.45) is 5.69. The van der Waals surface area contributed by atoms with Crippen LogP contribution < -0.4 is 5.32 Å². The summed E-state index contributed by atoms with van der Waals surface area (Å²) in [6, 6.07) is -0.117. The lowest BCUT2D eigenvalue weighted by atomic mass is 10.1. The van der Waals surface area contributed by atoms with Gasteiger partial charge in [-0.05, 0) is 6.42 Å². The maximum atomic E-state index is 12.5. The van der Waals surface area contributed by atoms with Crippen molar-refractivity contribution >= 4 is 5.91 Å². The average molecular weight is 307 g/mol. The predicted octanol–water partition coefficient (Wildman–Crippen LogP) is 0.592. The molecular formula is C14H21N5O3. The first-order chi connectivity index (χ1) is 10.7. The Hall–Kier alpha value is -2.19. The van der Waals surface area contributed by atoms with Crippen LogP contribution in [0.1, 0.15) is 16.8 Å². The lowest BCUT2D eigenvalue weighted by molar-refractivity contribution is 0.0864. The number of amides is 1. The summed E-state index contributed by atoms with van der Waals surface area (Å²) in [5, 5.41) is 13.9. The van der Waals surface area contributed by atoms with Gasteiger partial charge in [0.25, 0.3) is 5.91 Å². The van der Waals surface area contributed by atoms with E-state index in [9.17, 15) is 4.79 Å². The van der Waals surface area contributed by atoms with Crippen LogP contribution in [-0.2, 0) is 16.5 Å². The van der Waals surface area contributed by atoms with E-state index in [0.29, 0.717) is 30.9 Å². The van der Waals surface area contributed by atoms with Crippen LogP contribution in [-0.4, -0.2) is 59.4 Å². The molecule has 8 heteroatoms. The Morgan fingerprint density at radius 1 is 1.41 bits per heavy atom. The van der Waals surface area contributed by atoms with Crippen molar-refractivity contribution in [2.75, 3.05) is 27.4 Å². The highest BCUT2D eigenvalue weighted by Gasteiger charge is 2.19. The molecule has 0 saturated heterocycles. The van der Waals surface area contributed by atoms with Gasteiger partial charge in [0.15, 0.2) is 0 Å². The summed E-state index contributed by atoms with van der Waals surface area (Å²) in [5.74, 6) is -0.203. The van der Waals surface area contributed by atoms with Gasteiger partial charge in [-0.3, -0.25) is 14.6 Å². The number of nitrogens with zero attached hydrogens (tertiary/aromatic N) is 3. The molecule has 8 nitrogen and oxygen atoms in total. The molecule has 2 N–H and O–H groups in total. The van der Waals surface area contributed by atoms with Gasteiger partial charge in [-0.25, -0.2) is 0 Å². The van der Waals surface area contributed by atoms with Gasteiger partial charge in [0.2, 0.25) is 0 Å². The highest BCUT2D eigenvalue weighted by Crippen LogP contribution is 2.20. The molecule has 2 aromatic rings. The van der Waals surface area contributed by atoms with Crippen LogP contribution in [0.25, 0.3) is 11.3 Å². The number of aromatic amines is 1. The second-order valence-corrected chi connectivity index (χ2v) is 4.97. The largest absolute Gasteiger partial charge is 0.385 e. The Bertz CT molecular complexity index is 607. The van der Waals surface area contributed by atoms with Gasteiger partial charge in [-0.2, -0.15) is 10.2 Å². The van der Waals surface area contributed by atoms with E-state index in [1.165, 1.54) is 6.20 Å². The lowest BCUT2D eigenvalue weighted by Crippen LogP contribution is -2.38. The summed E-state index contributed by atoms with van der Waals surface area (Å²) < 4.78 is 11.9. The summed E-state index contributed by atoms with van der Waals surface area (Å²) in [4.78, 5) is 12.5. The van der Waals surface area contributed by atoms with Crippen molar-refractivity contribution in [2.24, 2.45) is 7.05 Å². The molecule has 0 aliphatic heterocycles. The van der Waals surface area contributed by atoms with Gasteiger partial charge >= 0.3 is 0 Å².